The number of nitrogens with two attached hydrogens (primary N) is 1. The molecule has 14 heavy (non-hydrogen) atoms. The van der Waals surface area contributed by atoms with E-state index < -0.39 is 0 Å². The van der Waals surface area contributed by atoms with E-state index in [-0.39, 0.29) is 0 Å². The first-order valence-corrected chi connectivity index (χ1v) is 6.21. The molecule has 4 atom stereocenters. The lowest BCUT2D eigenvalue weighted by Gasteiger charge is -2.04. The monoisotopic (exact) mass is 207 g/mol. The molecule has 3 aliphatic rings. The third-order valence-corrected chi connectivity index (χ3v) is 5.31. The summed E-state index contributed by atoms with van der Waals surface area (Å²) in [5.41, 5.74) is 5.57. The molecule has 0 spiro atoms. The number of nitrogens with zero attached hydrogens (tertiary/aromatic N) is 2. The molecule has 2 N–H and O–H groups in total. The van der Waals surface area contributed by atoms with Gasteiger partial charge in [-0.15, -0.1) is 0 Å². The number of nitrogen functional groups attached to an aromatic ring is 1. The first-order valence-electron chi connectivity index (χ1n) is 5.43. The molecule has 1 aromatic rings. The normalized spacial score (nSPS) is 48.1. The van der Waals surface area contributed by atoms with Gasteiger partial charge in [0.15, 0.2) is 0 Å². The Morgan fingerprint density at radius 3 is 2.50 bits per heavy atom. The Morgan fingerprint density at radius 1 is 1.21 bits per heavy atom. The maximum atomic E-state index is 5.57. The number of hydrogen-bond acceptors (Lipinski definition) is 4. The fourth-order valence-electron chi connectivity index (χ4n) is 4.04. The minimum absolute atomic E-state index is 0.474. The average Bonchev–Trinajstić information content (AvgIpc) is 2.58. The van der Waals surface area contributed by atoms with Crippen LogP contribution in [0.2, 0.25) is 0 Å². The minimum atomic E-state index is 0.474. The lowest BCUT2D eigenvalue weighted by Crippen LogP contribution is -1.97. The van der Waals surface area contributed by atoms with Crippen molar-refractivity contribution in [3.63, 3.8) is 0 Å². The van der Waals surface area contributed by atoms with E-state index in [4.69, 9.17) is 5.73 Å². The van der Waals surface area contributed by atoms with Crippen LogP contribution in [0.25, 0.3) is 0 Å². The largest absolute Gasteiger partial charge is 0.367 e. The van der Waals surface area contributed by atoms with E-state index in [1.54, 1.807) is 0 Å². The van der Waals surface area contributed by atoms with Crippen molar-refractivity contribution in [2.45, 2.75) is 25.2 Å². The number of anilines is 1. The predicted octanol–water partition coefficient (Wildman–Crippen LogP) is 1.88. The van der Waals surface area contributed by atoms with Crippen molar-refractivity contribution < 1.29 is 0 Å². The highest BCUT2D eigenvalue weighted by Crippen LogP contribution is 2.73. The molecule has 3 aliphatic carbocycles. The van der Waals surface area contributed by atoms with Crippen LogP contribution in [0, 0.1) is 23.7 Å². The molecular weight excluding hydrogens is 194 g/mol. The second kappa shape index (κ2) is 2.30. The van der Waals surface area contributed by atoms with Crippen LogP contribution in [-0.2, 0) is 0 Å². The lowest BCUT2D eigenvalue weighted by atomic mass is 10.0. The van der Waals surface area contributed by atoms with E-state index in [9.17, 15) is 0 Å². The van der Waals surface area contributed by atoms with Gasteiger partial charge in [-0.3, -0.25) is 0 Å². The van der Waals surface area contributed by atoms with Gasteiger partial charge in [0.25, 0.3) is 0 Å². The highest BCUT2D eigenvalue weighted by molar-refractivity contribution is 7.05. The van der Waals surface area contributed by atoms with Crippen LogP contribution in [0.1, 0.15) is 30.2 Å². The maximum Gasteiger partial charge on any atom is 0.232 e. The molecule has 4 rings (SSSR count). The number of fused-ring (bicyclic) bond motifs is 5. The molecule has 2 bridgehead atoms. The molecule has 1 heterocycles. The summed E-state index contributed by atoms with van der Waals surface area (Å²) in [6.07, 6.45) is 4.44. The summed E-state index contributed by atoms with van der Waals surface area (Å²) in [6.45, 7) is 0. The van der Waals surface area contributed by atoms with E-state index in [2.05, 4.69) is 9.36 Å². The lowest BCUT2D eigenvalue weighted by molar-refractivity contribution is 0.456. The molecule has 0 aromatic carbocycles. The highest BCUT2D eigenvalue weighted by Gasteiger charge is 2.66. The Kier molecular flexibility index (Phi) is 1.25. The SMILES string of the molecule is Nc1nsc(C2C3C4CCC(C4)C23)n1. The zero-order chi connectivity index (χ0) is 9.28. The van der Waals surface area contributed by atoms with Gasteiger partial charge in [0.05, 0.1) is 0 Å². The van der Waals surface area contributed by atoms with Crippen LogP contribution < -0.4 is 5.73 Å². The second-order valence-electron chi connectivity index (χ2n) is 5.00. The molecule has 1 aromatic heterocycles. The van der Waals surface area contributed by atoms with E-state index >= 15 is 0 Å². The van der Waals surface area contributed by atoms with Crippen LogP contribution >= 0.6 is 11.5 Å². The molecule has 3 saturated carbocycles. The fourth-order valence-corrected chi connectivity index (χ4v) is 4.84. The van der Waals surface area contributed by atoms with Crippen LogP contribution in [0.5, 0.6) is 0 Å². The fraction of sp³-hybridized carbons (Fsp3) is 0.800. The van der Waals surface area contributed by atoms with Gasteiger partial charge in [-0.1, -0.05) is 0 Å². The Balaban J connectivity index is 1.66. The third-order valence-electron chi connectivity index (χ3n) is 4.48. The van der Waals surface area contributed by atoms with E-state index in [0.29, 0.717) is 5.95 Å². The minimum Gasteiger partial charge on any atom is -0.367 e. The van der Waals surface area contributed by atoms with Gasteiger partial charge < -0.3 is 5.73 Å². The number of hydrogen-bond donors (Lipinski definition) is 1. The summed E-state index contributed by atoms with van der Waals surface area (Å²) < 4.78 is 4.08. The first kappa shape index (κ1) is 7.63. The molecule has 0 aliphatic heterocycles. The van der Waals surface area contributed by atoms with Crippen LogP contribution in [0.3, 0.4) is 0 Å². The summed E-state index contributed by atoms with van der Waals surface area (Å²) in [4.78, 5) is 4.34. The van der Waals surface area contributed by atoms with Gasteiger partial charge in [0, 0.05) is 5.92 Å². The number of rotatable bonds is 1. The zero-order valence-corrected chi connectivity index (χ0v) is 8.70. The molecule has 4 unspecified atom stereocenters. The second-order valence-corrected chi connectivity index (χ2v) is 5.79. The van der Waals surface area contributed by atoms with Crippen molar-refractivity contribution in [1.29, 1.82) is 0 Å². The topological polar surface area (TPSA) is 51.8 Å². The van der Waals surface area contributed by atoms with Crippen molar-refractivity contribution in [3.8, 4) is 0 Å². The zero-order valence-electron chi connectivity index (χ0n) is 7.89. The summed E-state index contributed by atoms with van der Waals surface area (Å²) in [5, 5.41) is 1.22. The smallest absolute Gasteiger partial charge is 0.232 e. The molecule has 0 radical (unpaired) electrons. The molecule has 4 heteroatoms. The van der Waals surface area contributed by atoms with Crippen molar-refractivity contribution in [2.24, 2.45) is 23.7 Å². The molecule has 0 amide bonds. The van der Waals surface area contributed by atoms with Crippen molar-refractivity contribution in [2.75, 3.05) is 5.73 Å². The maximum absolute atomic E-state index is 5.57. The molecule has 3 nitrogen and oxygen atoms in total. The quantitative estimate of drug-likeness (QED) is 0.765. The van der Waals surface area contributed by atoms with Crippen LogP contribution in [0.4, 0.5) is 5.95 Å². The Morgan fingerprint density at radius 2 is 1.93 bits per heavy atom. The summed E-state index contributed by atoms with van der Waals surface area (Å²) in [6, 6.07) is 0. The summed E-state index contributed by atoms with van der Waals surface area (Å²) in [7, 11) is 0. The van der Waals surface area contributed by atoms with Crippen molar-refractivity contribution >= 4 is 17.5 Å². The average molecular weight is 207 g/mol. The summed E-state index contributed by atoms with van der Waals surface area (Å²) >= 11 is 1.52. The van der Waals surface area contributed by atoms with Crippen LogP contribution in [0.15, 0.2) is 0 Å². The molecule has 3 fully saturated rings. The Labute approximate surface area is 86.9 Å². The number of aromatic nitrogens is 2. The van der Waals surface area contributed by atoms with E-state index in [0.717, 1.165) is 29.6 Å². The van der Waals surface area contributed by atoms with Crippen molar-refractivity contribution in [3.05, 3.63) is 5.01 Å². The Bertz CT molecular complexity index is 372. The Hall–Kier alpha value is -0.640. The molecule has 0 saturated heterocycles. The van der Waals surface area contributed by atoms with Gasteiger partial charge in [-0.25, -0.2) is 4.98 Å². The molecule has 74 valence electrons. The van der Waals surface area contributed by atoms with Gasteiger partial charge >= 0.3 is 0 Å². The molecular formula is C10H13N3S. The van der Waals surface area contributed by atoms with Gasteiger partial charge in [0.2, 0.25) is 5.95 Å². The van der Waals surface area contributed by atoms with E-state index in [1.807, 2.05) is 0 Å². The van der Waals surface area contributed by atoms with Gasteiger partial charge in [-0.2, -0.15) is 4.37 Å². The van der Waals surface area contributed by atoms with Crippen LogP contribution in [-0.4, -0.2) is 9.36 Å². The first-order chi connectivity index (χ1) is 6.84. The highest BCUT2D eigenvalue weighted by atomic mass is 32.1. The predicted molar refractivity (Wildman–Crippen MR) is 54.9 cm³/mol. The van der Waals surface area contributed by atoms with Gasteiger partial charge in [0.1, 0.15) is 5.01 Å². The van der Waals surface area contributed by atoms with E-state index in [1.165, 1.54) is 35.8 Å². The standard InChI is InChI=1S/C10H13N3S/c11-10-12-9(14-13-10)8-6-4-1-2-5(3-4)7(6)8/h4-8H,1-3H2,(H2,11,13). The summed E-state index contributed by atoms with van der Waals surface area (Å²) in [5.74, 6) is 5.17. The van der Waals surface area contributed by atoms with Crippen molar-refractivity contribution in [1.82, 2.24) is 9.36 Å². The van der Waals surface area contributed by atoms with Gasteiger partial charge in [-0.05, 0) is 54.5 Å². The third kappa shape index (κ3) is 0.787.